The standard InChI is InChI=1S/C27H32N4O2S/c1-3-24(32)30-14-16-31(17-15-30)26-25-21-10-5-4-6-11-22(21)34-27(25)29-23(28-26)13-12-19-8-7-9-20(18-19)33-2/h3,7-9,18H,1,4-6,10-17H2,2H3. The molecule has 0 N–H and O–H groups in total. The maximum atomic E-state index is 12.1. The van der Waals surface area contributed by atoms with Crippen LogP contribution in [0.15, 0.2) is 36.9 Å². The smallest absolute Gasteiger partial charge is 0.246 e. The van der Waals surface area contributed by atoms with Crippen molar-refractivity contribution in [3.8, 4) is 5.75 Å². The monoisotopic (exact) mass is 476 g/mol. The summed E-state index contributed by atoms with van der Waals surface area (Å²) in [6.07, 6.45) is 9.11. The molecule has 3 aromatic rings. The summed E-state index contributed by atoms with van der Waals surface area (Å²) in [6, 6.07) is 8.22. The van der Waals surface area contributed by atoms with E-state index in [1.165, 1.54) is 46.7 Å². The second kappa shape index (κ2) is 10.1. The molecule has 7 heteroatoms. The van der Waals surface area contributed by atoms with Gasteiger partial charge in [-0.1, -0.05) is 25.1 Å². The van der Waals surface area contributed by atoms with Gasteiger partial charge in [0, 0.05) is 37.5 Å². The van der Waals surface area contributed by atoms with Crippen LogP contribution in [0.25, 0.3) is 10.2 Å². The van der Waals surface area contributed by atoms with E-state index in [0.29, 0.717) is 13.1 Å². The molecule has 0 atom stereocenters. The van der Waals surface area contributed by atoms with E-state index >= 15 is 0 Å². The first-order valence-corrected chi connectivity index (χ1v) is 13.1. The summed E-state index contributed by atoms with van der Waals surface area (Å²) >= 11 is 1.87. The number of hydrogen-bond acceptors (Lipinski definition) is 6. The molecule has 3 heterocycles. The highest BCUT2D eigenvalue weighted by Crippen LogP contribution is 2.39. The predicted octanol–water partition coefficient (Wildman–Crippen LogP) is 4.59. The van der Waals surface area contributed by atoms with Crippen molar-refractivity contribution in [2.45, 2.75) is 44.9 Å². The number of benzene rings is 1. The Kier molecular flexibility index (Phi) is 6.81. The Morgan fingerprint density at radius 1 is 1.12 bits per heavy atom. The Balaban J connectivity index is 1.47. The molecule has 2 aromatic heterocycles. The van der Waals surface area contributed by atoms with Gasteiger partial charge in [0.05, 0.1) is 12.5 Å². The number of anilines is 1. The summed E-state index contributed by atoms with van der Waals surface area (Å²) in [6.45, 7) is 6.60. The van der Waals surface area contributed by atoms with E-state index in [1.807, 2.05) is 28.4 Å². The molecule has 5 rings (SSSR count). The molecule has 0 unspecified atom stereocenters. The van der Waals surface area contributed by atoms with Crippen molar-refractivity contribution in [2.75, 3.05) is 38.2 Å². The average Bonchev–Trinajstić information content (AvgIpc) is 3.07. The first-order valence-electron chi connectivity index (χ1n) is 12.3. The van der Waals surface area contributed by atoms with E-state index in [0.717, 1.165) is 61.0 Å². The highest BCUT2D eigenvalue weighted by atomic mass is 32.1. The molecule has 0 spiro atoms. The Morgan fingerprint density at radius 2 is 1.94 bits per heavy atom. The van der Waals surface area contributed by atoms with E-state index in [1.54, 1.807) is 7.11 Å². The molecule has 178 valence electrons. The van der Waals surface area contributed by atoms with Gasteiger partial charge in [0.2, 0.25) is 5.91 Å². The largest absolute Gasteiger partial charge is 0.497 e. The van der Waals surface area contributed by atoms with Gasteiger partial charge in [0.1, 0.15) is 22.2 Å². The summed E-state index contributed by atoms with van der Waals surface area (Å²) in [5.41, 5.74) is 2.69. The van der Waals surface area contributed by atoms with Crippen molar-refractivity contribution in [2.24, 2.45) is 0 Å². The van der Waals surface area contributed by atoms with Gasteiger partial charge in [-0.15, -0.1) is 11.3 Å². The van der Waals surface area contributed by atoms with Gasteiger partial charge in [0.15, 0.2) is 0 Å². The van der Waals surface area contributed by atoms with Crippen molar-refractivity contribution in [1.82, 2.24) is 14.9 Å². The first-order chi connectivity index (χ1) is 16.7. The molecule has 1 amide bonds. The van der Waals surface area contributed by atoms with Crippen LogP contribution in [0.3, 0.4) is 0 Å². The fraction of sp³-hybridized carbons (Fsp3) is 0.444. The van der Waals surface area contributed by atoms with E-state index in [4.69, 9.17) is 14.7 Å². The summed E-state index contributed by atoms with van der Waals surface area (Å²) in [7, 11) is 1.70. The second-order valence-electron chi connectivity index (χ2n) is 9.08. The normalized spacial score (nSPS) is 16.3. The maximum absolute atomic E-state index is 12.1. The Morgan fingerprint density at radius 3 is 2.74 bits per heavy atom. The van der Waals surface area contributed by atoms with Crippen molar-refractivity contribution >= 4 is 33.3 Å². The number of aryl methyl sites for hydroxylation is 4. The summed E-state index contributed by atoms with van der Waals surface area (Å²) < 4.78 is 5.38. The van der Waals surface area contributed by atoms with Gasteiger partial charge >= 0.3 is 0 Å². The van der Waals surface area contributed by atoms with Crippen molar-refractivity contribution in [3.63, 3.8) is 0 Å². The van der Waals surface area contributed by atoms with E-state index in [2.05, 4.69) is 23.6 Å². The molecule has 1 fully saturated rings. The Bertz CT molecular complexity index is 1200. The van der Waals surface area contributed by atoms with Crippen LogP contribution in [0.2, 0.25) is 0 Å². The van der Waals surface area contributed by atoms with Crippen LogP contribution in [-0.4, -0.2) is 54.1 Å². The molecule has 0 saturated carbocycles. The second-order valence-corrected chi connectivity index (χ2v) is 10.2. The van der Waals surface area contributed by atoms with Gasteiger partial charge < -0.3 is 14.5 Å². The van der Waals surface area contributed by atoms with Crippen LogP contribution >= 0.6 is 11.3 Å². The van der Waals surface area contributed by atoms with E-state index in [-0.39, 0.29) is 5.91 Å². The first kappa shape index (κ1) is 22.8. The number of rotatable bonds is 6. The van der Waals surface area contributed by atoms with Gasteiger partial charge in [-0.3, -0.25) is 4.79 Å². The zero-order valence-electron chi connectivity index (χ0n) is 19.9. The lowest BCUT2D eigenvalue weighted by Gasteiger charge is -2.35. The third-order valence-electron chi connectivity index (χ3n) is 6.93. The van der Waals surface area contributed by atoms with Crippen LogP contribution in [-0.2, 0) is 30.5 Å². The Labute approximate surface area is 205 Å². The number of hydrogen-bond donors (Lipinski definition) is 0. The molecule has 1 saturated heterocycles. The highest BCUT2D eigenvalue weighted by Gasteiger charge is 2.26. The topological polar surface area (TPSA) is 58.6 Å². The van der Waals surface area contributed by atoms with E-state index in [9.17, 15) is 4.79 Å². The maximum Gasteiger partial charge on any atom is 0.246 e. The molecule has 1 aliphatic heterocycles. The number of nitrogens with zero attached hydrogens (tertiary/aromatic N) is 4. The molecular weight excluding hydrogens is 444 g/mol. The number of aromatic nitrogens is 2. The van der Waals surface area contributed by atoms with Crippen molar-refractivity contribution in [3.05, 3.63) is 58.7 Å². The Hall–Kier alpha value is -2.93. The fourth-order valence-corrected chi connectivity index (χ4v) is 6.33. The summed E-state index contributed by atoms with van der Waals surface area (Å²) in [5.74, 6) is 2.85. The minimum absolute atomic E-state index is 0.0101. The third kappa shape index (κ3) is 4.67. The zero-order valence-corrected chi connectivity index (χ0v) is 20.7. The minimum Gasteiger partial charge on any atom is -0.497 e. The number of ether oxygens (including phenoxy) is 1. The van der Waals surface area contributed by atoms with Gasteiger partial charge in [0.25, 0.3) is 0 Å². The lowest BCUT2D eigenvalue weighted by molar-refractivity contribution is -0.126. The molecular formula is C27H32N4O2S. The van der Waals surface area contributed by atoms with Crippen molar-refractivity contribution < 1.29 is 9.53 Å². The van der Waals surface area contributed by atoms with Crippen LogP contribution in [0.5, 0.6) is 5.75 Å². The van der Waals surface area contributed by atoms with Gasteiger partial charge in [-0.25, -0.2) is 9.97 Å². The average molecular weight is 477 g/mol. The molecule has 6 nitrogen and oxygen atoms in total. The van der Waals surface area contributed by atoms with Crippen LogP contribution in [0, 0.1) is 0 Å². The molecule has 0 bridgehead atoms. The fourth-order valence-electron chi connectivity index (χ4n) is 5.05. The number of carbonyl (C=O) groups excluding carboxylic acids is 1. The van der Waals surface area contributed by atoms with Gasteiger partial charge in [-0.2, -0.15) is 0 Å². The number of piperazine rings is 1. The third-order valence-corrected chi connectivity index (χ3v) is 8.11. The lowest BCUT2D eigenvalue weighted by Crippen LogP contribution is -2.48. The minimum atomic E-state index is 0.0101. The lowest BCUT2D eigenvalue weighted by atomic mass is 10.1. The molecule has 2 aliphatic rings. The number of amides is 1. The molecule has 0 radical (unpaired) electrons. The van der Waals surface area contributed by atoms with Gasteiger partial charge in [-0.05, 0) is 61.4 Å². The number of methoxy groups -OCH3 is 1. The number of thiophene rings is 1. The molecule has 34 heavy (non-hydrogen) atoms. The summed E-state index contributed by atoms with van der Waals surface area (Å²) in [4.78, 5) is 29.1. The molecule has 1 aromatic carbocycles. The zero-order chi connectivity index (χ0) is 23.5. The van der Waals surface area contributed by atoms with Crippen LogP contribution < -0.4 is 9.64 Å². The quantitative estimate of drug-likeness (QED) is 0.385. The summed E-state index contributed by atoms with van der Waals surface area (Å²) in [5, 5.41) is 1.26. The molecule has 1 aliphatic carbocycles. The van der Waals surface area contributed by atoms with Crippen molar-refractivity contribution in [1.29, 1.82) is 0 Å². The van der Waals surface area contributed by atoms with Crippen LogP contribution in [0.1, 0.15) is 41.1 Å². The number of carbonyl (C=O) groups is 1. The predicted molar refractivity (Wildman–Crippen MR) is 138 cm³/mol. The van der Waals surface area contributed by atoms with E-state index < -0.39 is 0 Å². The SMILES string of the molecule is C=CC(=O)N1CCN(c2nc(CCc3cccc(OC)c3)nc3sc4c(c23)CCCCC4)CC1. The number of fused-ring (bicyclic) bond motifs is 3. The van der Waals surface area contributed by atoms with Crippen LogP contribution in [0.4, 0.5) is 5.82 Å². The highest BCUT2D eigenvalue weighted by molar-refractivity contribution is 7.19.